The van der Waals surface area contributed by atoms with Crippen molar-refractivity contribution in [2.24, 2.45) is 0 Å². The molecule has 0 saturated carbocycles. The van der Waals surface area contributed by atoms with Crippen molar-refractivity contribution < 1.29 is 14.7 Å². The molecule has 0 fully saturated rings. The molecule has 2 aromatic heterocycles. The molecule has 1 aromatic carbocycles. The van der Waals surface area contributed by atoms with Crippen LogP contribution in [-0.2, 0) is 6.54 Å². The third-order valence-corrected chi connectivity index (χ3v) is 4.50. The highest BCUT2D eigenvalue weighted by molar-refractivity contribution is 7.12. The van der Waals surface area contributed by atoms with Gasteiger partial charge in [0.1, 0.15) is 10.6 Å². The SMILES string of the molecule is Cc1ccc(Cn2ncc(-c3ccsc3C(=O)O)c2C=O)cc1. The van der Waals surface area contributed by atoms with Crippen molar-refractivity contribution in [1.29, 1.82) is 0 Å². The lowest BCUT2D eigenvalue weighted by atomic mass is 10.1. The number of carboxylic acids is 1. The van der Waals surface area contributed by atoms with E-state index < -0.39 is 5.97 Å². The minimum absolute atomic E-state index is 0.211. The largest absolute Gasteiger partial charge is 0.477 e. The number of carbonyl (C=O) groups is 2. The fourth-order valence-corrected chi connectivity index (χ4v) is 3.15. The molecule has 2 heterocycles. The summed E-state index contributed by atoms with van der Waals surface area (Å²) in [5, 5.41) is 15.2. The van der Waals surface area contributed by atoms with Gasteiger partial charge >= 0.3 is 5.97 Å². The van der Waals surface area contributed by atoms with E-state index in [1.54, 1.807) is 22.3 Å². The predicted molar refractivity (Wildman–Crippen MR) is 88.2 cm³/mol. The van der Waals surface area contributed by atoms with E-state index in [4.69, 9.17) is 0 Å². The molecule has 0 unspecified atom stereocenters. The molecular weight excluding hydrogens is 312 g/mol. The zero-order valence-electron chi connectivity index (χ0n) is 12.4. The Bertz CT molecular complexity index is 862. The molecule has 116 valence electrons. The summed E-state index contributed by atoms with van der Waals surface area (Å²) in [5.41, 5.74) is 3.64. The lowest BCUT2D eigenvalue weighted by molar-refractivity contribution is 0.0702. The van der Waals surface area contributed by atoms with Gasteiger partial charge < -0.3 is 5.11 Å². The summed E-state index contributed by atoms with van der Waals surface area (Å²) in [6.07, 6.45) is 2.27. The van der Waals surface area contributed by atoms with E-state index in [1.807, 2.05) is 31.2 Å². The number of carboxylic acid groups (broad SMARTS) is 1. The van der Waals surface area contributed by atoms with Crippen LogP contribution < -0.4 is 0 Å². The third kappa shape index (κ3) is 2.93. The van der Waals surface area contributed by atoms with Crippen LogP contribution in [0.5, 0.6) is 0 Å². The number of thiophene rings is 1. The average molecular weight is 326 g/mol. The molecule has 6 heteroatoms. The monoisotopic (exact) mass is 326 g/mol. The van der Waals surface area contributed by atoms with Crippen molar-refractivity contribution in [3.63, 3.8) is 0 Å². The molecule has 3 rings (SSSR count). The van der Waals surface area contributed by atoms with Crippen LogP contribution in [-0.4, -0.2) is 27.1 Å². The molecule has 0 aliphatic rings. The molecule has 1 N–H and O–H groups in total. The quantitative estimate of drug-likeness (QED) is 0.729. The van der Waals surface area contributed by atoms with Crippen LogP contribution in [0.3, 0.4) is 0 Å². The molecule has 0 bridgehead atoms. The number of hydrogen-bond donors (Lipinski definition) is 1. The molecule has 0 amide bonds. The number of nitrogens with zero attached hydrogens (tertiary/aromatic N) is 2. The molecule has 0 radical (unpaired) electrons. The maximum absolute atomic E-state index is 11.5. The fourth-order valence-electron chi connectivity index (χ4n) is 2.41. The van der Waals surface area contributed by atoms with Gasteiger partial charge in [-0.2, -0.15) is 5.10 Å². The van der Waals surface area contributed by atoms with Crippen LogP contribution in [0.4, 0.5) is 0 Å². The van der Waals surface area contributed by atoms with Gasteiger partial charge in [0.15, 0.2) is 6.29 Å². The molecule has 23 heavy (non-hydrogen) atoms. The molecule has 0 saturated heterocycles. The van der Waals surface area contributed by atoms with Crippen LogP contribution >= 0.6 is 11.3 Å². The van der Waals surface area contributed by atoms with Crippen LogP contribution in [0.25, 0.3) is 11.1 Å². The van der Waals surface area contributed by atoms with Gasteiger partial charge in [0.2, 0.25) is 0 Å². The summed E-state index contributed by atoms with van der Waals surface area (Å²) in [6.45, 7) is 2.47. The van der Waals surface area contributed by atoms with Crippen molar-refractivity contribution in [2.45, 2.75) is 13.5 Å². The first kappa shape index (κ1) is 15.2. The summed E-state index contributed by atoms with van der Waals surface area (Å²) in [6, 6.07) is 9.68. The normalized spacial score (nSPS) is 10.7. The highest BCUT2D eigenvalue weighted by Crippen LogP contribution is 2.30. The Morgan fingerprint density at radius 3 is 2.65 bits per heavy atom. The first-order valence-corrected chi connectivity index (χ1v) is 7.86. The Morgan fingerprint density at radius 1 is 1.26 bits per heavy atom. The van der Waals surface area contributed by atoms with Crippen molar-refractivity contribution in [2.75, 3.05) is 0 Å². The molecule has 0 atom stereocenters. The van der Waals surface area contributed by atoms with E-state index in [0.717, 1.165) is 28.7 Å². The van der Waals surface area contributed by atoms with Crippen molar-refractivity contribution >= 4 is 23.6 Å². The van der Waals surface area contributed by atoms with E-state index in [9.17, 15) is 14.7 Å². The smallest absolute Gasteiger partial charge is 0.346 e. The lowest BCUT2D eigenvalue weighted by Gasteiger charge is -2.05. The zero-order valence-corrected chi connectivity index (χ0v) is 13.2. The average Bonchev–Trinajstić information content (AvgIpc) is 3.15. The van der Waals surface area contributed by atoms with Crippen molar-refractivity contribution in [3.8, 4) is 11.1 Å². The second-order valence-corrected chi connectivity index (χ2v) is 6.09. The van der Waals surface area contributed by atoms with E-state index in [0.29, 0.717) is 23.4 Å². The summed E-state index contributed by atoms with van der Waals surface area (Å²) in [7, 11) is 0. The zero-order chi connectivity index (χ0) is 16.4. The van der Waals surface area contributed by atoms with Gasteiger partial charge in [-0.15, -0.1) is 11.3 Å². The van der Waals surface area contributed by atoms with Gasteiger partial charge in [0.05, 0.1) is 12.7 Å². The van der Waals surface area contributed by atoms with Crippen LogP contribution in [0, 0.1) is 6.92 Å². The van der Waals surface area contributed by atoms with Crippen molar-refractivity contribution in [3.05, 3.63) is 63.6 Å². The van der Waals surface area contributed by atoms with Crippen molar-refractivity contribution in [1.82, 2.24) is 9.78 Å². The minimum Gasteiger partial charge on any atom is -0.477 e. The molecule has 0 aliphatic heterocycles. The number of benzene rings is 1. The van der Waals surface area contributed by atoms with E-state index in [1.165, 1.54) is 0 Å². The second-order valence-electron chi connectivity index (χ2n) is 5.17. The number of aldehydes is 1. The topological polar surface area (TPSA) is 72.2 Å². The van der Waals surface area contributed by atoms with Gasteiger partial charge in [-0.25, -0.2) is 4.79 Å². The Balaban J connectivity index is 2.00. The molecule has 3 aromatic rings. The van der Waals surface area contributed by atoms with Gasteiger partial charge in [-0.1, -0.05) is 29.8 Å². The van der Waals surface area contributed by atoms with Crippen LogP contribution in [0.15, 0.2) is 41.9 Å². The van der Waals surface area contributed by atoms with Gasteiger partial charge in [-0.05, 0) is 23.9 Å². The van der Waals surface area contributed by atoms with Crippen LogP contribution in [0.1, 0.15) is 31.3 Å². The van der Waals surface area contributed by atoms with Gasteiger partial charge in [0.25, 0.3) is 0 Å². The summed E-state index contributed by atoms with van der Waals surface area (Å²) in [4.78, 5) is 23.0. The number of hydrogen-bond acceptors (Lipinski definition) is 4. The molecule has 5 nitrogen and oxygen atoms in total. The maximum atomic E-state index is 11.5. The van der Waals surface area contributed by atoms with Gasteiger partial charge in [0, 0.05) is 11.1 Å². The number of aromatic nitrogens is 2. The minimum atomic E-state index is -1.00. The Morgan fingerprint density at radius 2 is 2.00 bits per heavy atom. The highest BCUT2D eigenvalue weighted by Gasteiger charge is 2.19. The predicted octanol–water partition coefficient (Wildman–Crippen LogP) is 3.48. The Labute approximate surface area is 136 Å². The van der Waals surface area contributed by atoms with E-state index >= 15 is 0 Å². The molecule has 0 aliphatic carbocycles. The number of aryl methyl sites for hydroxylation is 1. The molecular formula is C17H14N2O3S. The number of carbonyl (C=O) groups excluding carboxylic acids is 1. The third-order valence-electron chi connectivity index (χ3n) is 3.59. The number of aromatic carboxylic acids is 1. The summed E-state index contributed by atoms with van der Waals surface area (Å²) < 4.78 is 1.59. The molecule has 0 spiro atoms. The van der Waals surface area contributed by atoms with E-state index in [2.05, 4.69) is 5.10 Å². The number of rotatable bonds is 5. The highest BCUT2D eigenvalue weighted by atomic mass is 32.1. The van der Waals surface area contributed by atoms with Gasteiger partial charge in [-0.3, -0.25) is 9.48 Å². The summed E-state index contributed by atoms with van der Waals surface area (Å²) >= 11 is 1.13. The fraction of sp³-hybridized carbons (Fsp3) is 0.118. The lowest BCUT2D eigenvalue weighted by Crippen LogP contribution is -2.06. The van der Waals surface area contributed by atoms with Crippen LogP contribution in [0.2, 0.25) is 0 Å². The van der Waals surface area contributed by atoms with E-state index in [-0.39, 0.29) is 4.88 Å². The first-order valence-electron chi connectivity index (χ1n) is 6.98. The standard InChI is InChI=1S/C17H14N2O3S/c1-11-2-4-12(5-3-11)9-19-15(10-20)14(8-18-19)13-6-7-23-16(13)17(21)22/h2-8,10H,9H2,1H3,(H,21,22). The Kier molecular flexibility index (Phi) is 4.08. The first-order chi connectivity index (χ1) is 11.1. The second kappa shape index (κ2) is 6.18. The summed E-state index contributed by atoms with van der Waals surface area (Å²) in [5.74, 6) is -1.00. The Hall–Kier alpha value is -2.73. The maximum Gasteiger partial charge on any atom is 0.346 e.